The van der Waals surface area contributed by atoms with E-state index in [0.29, 0.717) is 6.54 Å². The molecule has 1 amide bonds. The molecule has 0 unspecified atom stereocenters. The van der Waals surface area contributed by atoms with Crippen molar-refractivity contribution in [2.24, 2.45) is 0 Å². The van der Waals surface area contributed by atoms with Crippen molar-refractivity contribution < 1.29 is 9.90 Å². The number of hydrogen-bond acceptors (Lipinski definition) is 4. The van der Waals surface area contributed by atoms with Gasteiger partial charge < -0.3 is 10.0 Å². The number of amides is 1. The highest BCUT2D eigenvalue weighted by Gasteiger charge is 2.08. The van der Waals surface area contributed by atoms with E-state index < -0.39 is 0 Å². The number of nitrogens with zero attached hydrogens (tertiary/aromatic N) is 5. The number of rotatable bonds is 5. The van der Waals surface area contributed by atoms with Gasteiger partial charge in [0.15, 0.2) is 0 Å². The molecule has 0 aliphatic rings. The molecule has 7 heteroatoms. The number of aliphatic hydroxyl groups is 1. The Labute approximate surface area is 111 Å². The van der Waals surface area contributed by atoms with Gasteiger partial charge in [0.2, 0.25) is 5.91 Å². The fraction of sp³-hybridized carbons (Fsp3) is 0.417. The average Bonchev–Trinajstić information content (AvgIpc) is 2.98. The molecule has 0 aliphatic carbocycles. The van der Waals surface area contributed by atoms with E-state index in [0.717, 1.165) is 11.1 Å². The third-order valence-corrected chi connectivity index (χ3v) is 2.72. The Morgan fingerprint density at radius 2 is 1.79 bits per heavy atom. The first-order chi connectivity index (χ1) is 9.10. The van der Waals surface area contributed by atoms with Crippen molar-refractivity contribution in [3.63, 3.8) is 0 Å². The predicted molar refractivity (Wildman–Crippen MR) is 69.2 cm³/mol. The third-order valence-electron chi connectivity index (χ3n) is 2.72. The first-order valence-corrected chi connectivity index (χ1v) is 5.96. The van der Waals surface area contributed by atoms with Crippen LogP contribution < -0.4 is 0 Å². The van der Waals surface area contributed by atoms with Gasteiger partial charge in [-0.3, -0.25) is 14.2 Å². The van der Waals surface area contributed by atoms with Crippen LogP contribution in [0.15, 0.2) is 24.8 Å². The van der Waals surface area contributed by atoms with Crippen molar-refractivity contribution in [2.75, 3.05) is 20.7 Å². The Hall–Kier alpha value is -2.15. The molecule has 0 spiro atoms. The number of likely N-dealkylation sites (N-methyl/N-ethyl adjacent to an activating group) is 1. The van der Waals surface area contributed by atoms with E-state index in [1.165, 1.54) is 4.90 Å². The van der Waals surface area contributed by atoms with Crippen LogP contribution in [0.2, 0.25) is 0 Å². The summed E-state index contributed by atoms with van der Waals surface area (Å²) in [6.07, 6.45) is 7.06. The van der Waals surface area contributed by atoms with Crippen molar-refractivity contribution in [3.05, 3.63) is 24.8 Å². The van der Waals surface area contributed by atoms with Gasteiger partial charge in [-0.25, -0.2) is 0 Å². The standard InChI is InChI=1S/C12H17N5O2/c1-15(2)12(19)9-17-8-11(6-14-17)10-5-13-16(7-10)3-4-18/h5-8,18H,3-4,9H2,1-2H3. The number of carbonyl (C=O) groups excluding carboxylic acids is 1. The van der Waals surface area contributed by atoms with Gasteiger partial charge >= 0.3 is 0 Å². The first-order valence-electron chi connectivity index (χ1n) is 5.96. The van der Waals surface area contributed by atoms with Crippen molar-refractivity contribution in [1.29, 1.82) is 0 Å². The van der Waals surface area contributed by atoms with Gasteiger partial charge in [0.05, 0.1) is 25.5 Å². The summed E-state index contributed by atoms with van der Waals surface area (Å²) in [6.45, 7) is 0.739. The van der Waals surface area contributed by atoms with Crippen molar-refractivity contribution in [2.45, 2.75) is 13.1 Å². The van der Waals surface area contributed by atoms with E-state index >= 15 is 0 Å². The molecule has 0 aliphatic heterocycles. The zero-order valence-electron chi connectivity index (χ0n) is 11.0. The Bertz CT molecular complexity index is 558. The summed E-state index contributed by atoms with van der Waals surface area (Å²) >= 11 is 0. The molecule has 2 heterocycles. The number of aromatic nitrogens is 4. The van der Waals surface area contributed by atoms with E-state index in [4.69, 9.17) is 5.11 Å². The average molecular weight is 263 g/mol. The largest absolute Gasteiger partial charge is 0.394 e. The zero-order chi connectivity index (χ0) is 13.8. The molecular weight excluding hydrogens is 246 g/mol. The smallest absolute Gasteiger partial charge is 0.243 e. The highest BCUT2D eigenvalue weighted by molar-refractivity contribution is 5.75. The second-order valence-electron chi connectivity index (χ2n) is 4.43. The Balaban J connectivity index is 2.09. The lowest BCUT2D eigenvalue weighted by Crippen LogP contribution is -2.26. The number of aliphatic hydroxyl groups excluding tert-OH is 1. The molecule has 0 radical (unpaired) electrons. The molecular formula is C12H17N5O2. The number of hydrogen-bond donors (Lipinski definition) is 1. The van der Waals surface area contributed by atoms with Gasteiger partial charge in [0, 0.05) is 37.6 Å². The molecule has 2 aromatic heterocycles. The molecule has 2 aromatic rings. The molecule has 0 fully saturated rings. The lowest BCUT2D eigenvalue weighted by molar-refractivity contribution is -0.129. The fourth-order valence-corrected chi connectivity index (χ4v) is 1.62. The monoisotopic (exact) mass is 263 g/mol. The predicted octanol–water partition coefficient (Wildman–Crippen LogP) is -0.173. The summed E-state index contributed by atoms with van der Waals surface area (Å²) in [5.41, 5.74) is 1.81. The second kappa shape index (κ2) is 5.66. The first kappa shape index (κ1) is 13.3. The molecule has 7 nitrogen and oxygen atoms in total. The van der Waals surface area contributed by atoms with Gasteiger partial charge in [-0.1, -0.05) is 0 Å². The molecule has 2 rings (SSSR count). The highest BCUT2D eigenvalue weighted by Crippen LogP contribution is 2.17. The normalized spacial score (nSPS) is 10.7. The van der Waals surface area contributed by atoms with Crippen LogP contribution in [0.1, 0.15) is 0 Å². The summed E-state index contributed by atoms with van der Waals surface area (Å²) in [5, 5.41) is 17.1. The van der Waals surface area contributed by atoms with Crippen LogP contribution in [0.25, 0.3) is 11.1 Å². The van der Waals surface area contributed by atoms with E-state index in [2.05, 4.69) is 10.2 Å². The molecule has 19 heavy (non-hydrogen) atoms. The lowest BCUT2D eigenvalue weighted by atomic mass is 10.2. The van der Waals surface area contributed by atoms with Gasteiger partial charge in [0.25, 0.3) is 0 Å². The van der Waals surface area contributed by atoms with Gasteiger partial charge in [0.1, 0.15) is 6.54 Å². The molecule has 0 aromatic carbocycles. The van der Waals surface area contributed by atoms with Gasteiger partial charge in [-0.15, -0.1) is 0 Å². The topological polar surface area (TPSA) is 76.2 Å². The molecule has 0 saturated carbocycles. The lowest BCUT2D eigenvalue weighted by Gasteiger charge is -2.09. The van der Waals surface area contributed by atoms with Crippen molar-refractivity contribution in [1.82, 2.24) is 24.5 Å². The van der Waals surface area contributed by atoms with E-state index in [9.17, 15) is 4.79 Å². The van der Waals surface area contributed by atoms with E-state index in [1.54, 1.807) is 35.9 Å². The van der Waals surface area contributed by atoms with Crippen molar-refractivity contribution in [3.8, 4) is 11.1 Å². The van der Waals surface area contributed by atoms with Crippen LogP contribution in [0.3, 0.4) is 0 Å². The molecule has 0 saturated heterocycles. The van der Waals surface area contributed by atoms with E-state index in [-0.39, 0.29) is 19.1 Å². The maximum Gasteiger partial charge on any atom is 0.243 e. The van der Waals surface area contributed by atoms with Crippen LogP contribution in [-0.4, -0.2) is 56.2 Å². The van der Waals surface area contributed by atoms with Crippen LogP contribution in [-0.2, 0) is 17.9 Å². The fourth-order valence-electron chi connectivity index (χ4n) is 1.62. The summed E-state index contributed by atoms with van der Waals surface area (Å²) in [6, 6.07) is 0. The minimum absolute atomic E-state index is 0.00868. The van der Waals surface area contributed by atoms with Gasteiger partial charge in [-0.2, -0.15) is 10.2 Å². The summed E-state index contributed by atoms with van der Waals surface area (Å²) in [5.74, 6) is -0.00868. The molecule has 0 bridgehead atoms. The van der Waals surface area contributed by atoms with E-state index in [1.807, 2.05) is 12.4 Å². The maximum absolute atomic E-state index is 11.6. The summed E-state index contributed by atoms with van der Waals surface area (Å²) in [4.78, 5) is 13.1. The third kappa shape index (κ3) is 3.19. The minimum atomic E-state index is -0.00868. The molecule has 0 atom stereocenters. The van der Waals surface area contributed by atoms with Crippen LogP contribution in [0.4, 0.5) is 0 Å². The van der Waals surface area contributed by atoms with Crippen LogP contribution in [0.5, 0.6) is 0 Å². The van der Waals surface area contributed by atoms with Crippen LogP contribution in [0, 0.1) is 0 Å². The maximum atomic E-state index is 11.6. The Kier molecular flexibility index (Phi) is 3.96. The van der Waals surface area contributed by atoms with Crippen LogP contribution >= 0.6 is 0 Å². The summed E-state index contributed by atoms with van der Waals surface area (Å²) in [7, 11) is 3.43. The quantitative estimate of drug-likeness (QED) is 0.812. The minimum Gasteiger partial charge on any atom is -0.394 e. The second-order valence-corrected chi connectivity index (χ2v) is 4.43. The molecule has 1 N–H and O–H groups in total. The SMILES string of the molecule is CN(C)C(=O)Cn1cc(-c2cnn(CCO)c2)cn1. The Morgan fingerprint density at radius 1 is 1.21 bits per heavy atom. The Morgan fingerprint density at radius 3 is 2.37 bits per heavy atom. The number of carbonyl (C=O) groups is 1. The molecule has 102 valence electrons. The van der Waals surface area contributed by atoms with Gasteiger partial charge in [-0.05, 0) is 0 Å². The van der Waals surface area contributed by atoms with Crippen molar-refractivity contribution >= 4 is 5.91 Å². The zero-order valence-corrected chi connectivity index (χ0v) is 11.0. The highest BCUT2D eigenvalue weighted by atomic mass is 16.3. The summed E-state index contributed by atoms with van der Waals surface area (Å²) < 4.78 is 3.26.